The Morgan fingerprint density at radius 2 is 0.783 bits per heavy atom. The monoisotopic (exact) mass is 880 g/mol. The van der Waals surface area contributed by atoms with Gasteiger partial charge >= 0.3 is 0 Å². The molecule has 0 saturated heterocycles. The maximum Gasteiger partial charge on any atom is 0.160 e. The molecule has 69 heavy (non-hydrogen) atoms. The van der Waals surface area contributed by atoms with Gasteiger partial charge in [0, 0.05) is 79.7 Å². The van der Waals surface area contributed by atoms with Gasteiger partial charge in [-0.25, -0.2) is 15.0 Å². The van der Waals surface area contributed by atoms with Crippen molar-refractivity contribution in [1.82, 2.24) is 29.5 Å². The van der Waals surface area contributed by atoms with Crippen LogP contribution in [0.4, 0.5) is 0 Å². The van der Waals surface area contributed by atoms with Crippen LogP contribution in [0.15, 0.2) is 243 Å². The minimum atomic E-state index is 0.656. The first-order valence-corrected chi connectivity index (χ1v) is 23.1. The average molecular weight is 881 g/mol. The maximum atomic E-state index is 5.47. The summed E-state index contributed by atoms with van der Waals surface area (Å²) in [5.41, 5.74) is 17.8. The van der Waals surface area contributed by atoms with Gasteiger partial charge in [-0.05, 0) is 94.0 Å². The fraction of sp³-hybridized carbons (Fsp3) is 0. The van der Waals surface area contributed by atoms with E-state index in [2.05, 4.69) is 209 Å². The van der Waals surface area contributed by atoms with Crippen molar-refractivity contribution < 1.29 is 0 Å². The van der Waals surface area contributed by atoms with Gasteiger partial charge in [0.2, 0.25) is 0 Å². The number of pyridine rings is 3. The van der Waals surface area contributed by atoms with E-state index in [0.717, 1.165) is 94.7 Å². The van der Waals surface area contributed by atoms with E-state index in [1.54, 1.807) is 0 Å². The minimum absolute atomic E-state index is 0.656. The highest BCUT2D eigenvalue weighted by atomic mass is 15.0. The maximum absolute atomic E-state index is 5.47. The Bertz CT molecular complexity index is 3900. The molecule has 5 heterocycles. The second kappa shape index (κ2) is 16.8. The third-order valence-electron chi connectivity index (χ3n) is 13.2. The molecule has 0 fully saturated rings. The Hall–Kier alpha value is -9.39. The number of para-hydroxylation sites is 2. The smallest absolute Gasteiger partial charge is 0.160 e. The molecule has 0 atom stereocenters. The molecule has 0 N–H and O–H groups in total. The third-order valence-corrected chi connectivity index (χ3v) is 13.2. The van der Waals surface area contributed by atoms with Crippen LogP contribution in [0.25, 0.3) is 128 Å². The Kier molecular flexibility index (Phi) is 9.72. The molecule has 0 bridgehead atoms. The molecular weight excluding hydrogens is 841 g/mol. The van der Waals surface area contributed by atoms with E-state index in [1.165, 1.54) is 27.2 Å². The van der Waals surface area contributed by atoms with Gasteiger partial charge in [-0.2, -0.15) is 0 Å². The van der Waals surface area contributed by atoms with Crippen LogP contribution >= 0.6 is 0 Å². The second-order valence-corrected chi connectivity index (χ2v) is 17.3. The summed E-state index contributed by atoms with van der Waals surface area (Å²) in [6, 6.07) is 77.1. The number of hydrogen-bond acceptors (Lipinski definition) is 5. The van der Waals surface area contributed by atoms with E-state index in [9.17, 15) is 0 Å². The van der Waals surface area contributed by atoms with Gasteiger partial charge in [0.05, 0.1) is 33.6 Å². The zero-order chi connectivity index (χ0) is 45.7. The summed E-state index contributed by atoms with van der Waals surface area (Å²) in [5.74, 6) is 0.656. The Morgan fingerprint density at radius 3 is 1.41 bits per heavy atom. The van der Waals surface area contributed by atoms with Gasteiger partial charge in [0.25, 0.3) is 0 Å². The normalized spacial score (nSPS) is 11.5. The summed E-state index contributed by atoms with van der Waals surface area (Å²) in [7, 11) is 0. The summed E-state index contributed by atoms with van der Waals surface area (Å²) in [4.78, 5) is 24.3. The van der Waals surface area contributed by atoms with E-state index in [-0.39, 0.29) is 0 Å². The van der Waals surface area contributed by atoms with Crippen molar-refractivity contribution in [2.24, 2.45) is 0 Å². The van der Waals surface area contributed by atoms with Crippen molar-refractivity contribution >= 4 is 43.5 Å². The van der Waals surface area contributed by atoms with Crippen LogP contribution in [0.3, 0.4) is 0 Å². The van der Waals surface area contributed by atoms with E-state index in [0.29, 0.717) is 5.82 Å². The average Bonchev–Trinajstić information content (AvgIpc) is 3.78. The van der Waals surface area contributed by atoms with Gasteiger partial charge in [-0.1, -0.05) is 158 Å². The summed E-state index contributed by atoms with van der Waals surface area (Å²) < 4.78 is 2.39. The van der Waals surface area contributed by atoms with Crippen LogP contribution < -0.4 is 0 Å². The number of rotatable bonds is 8. The molecule has 0 aliphatic heterocycles. The Labute approximate surface area is 398 Å². The van der Waals surface area contributed by atoms with Gasteiger partial charge in [0.15, 0.2) is 5.82 Å². The van der Waals surface area contributed by atoms with Crippen molar-refractivity contribution in [1.29, 1.82) is 0 Å². The van der Waals surface area contributed by atoms with Crippen LogP contribution in [0.1, 0.15) is 0 Å². The van der Waals surface area contributed by atoms with Crippen molar-refractivity contribution in [3.8, 4) is 84.2 Å². The number of fused-ring (bicyclic) bond motifs is 7. The van der Waals surface area contributed by atoms with Crippen molar-refractivity contribution in [3.05, 3.63) is 243 Å². The van der Waals surface area contributed by atoms with Crippen molar-refractivity contribution in [2.45, 2.75) is 0 Å². The first-order valence-electron chi connectivity index (χ1n) is 23.1. The molecule has 13 rings (SSSR count). The van der Waals surface area contributed by atoms with Crippen LogP contribution in [0, 0.1) is 0 Å². The summed E-state index contributed by atoms with van der Waals surface area (Å²) in [6.45, 7) is 0. The van der Waals surface area contributed by atoms with Gasteiger partial charge in [0.1, 0.15) is 0 Å². The topological polar surface area (TPSA) is 69.4 Å². The number of benzene rings is 8. The number of aromatic nitrogens is 6. The first-order chi connectivity index (χ1) is 34.2. The largest absolute Gasteiger partial charge is 0.309 e. The molecule has 0 amide bonds. The molecule has 0 saturated carbocycles. The van der Waals surface area contributed by atoms with E-state index in [1.807, 2.05) is 49.1 Å². The van der Waals surface area contributed by atoms with Crippen LogP contribution in [0.5, 0.6) is 0 Å². The predicted octanol–water partition coefficient (Wildman–Crippen LogP) is 15.7. The van der Waals surface area contributed by atoms with Gasteiger partial charge in [-0.3, -0.25) is 9.97 Å². The quantitative estimate of drug-likeness (QED) is 0.142. The summed E-state index contributed by atoms with van der Waals surface area (Å²) in [5, 5.41) is 5.89. The number of hydrogen-bond donors (Lipinski definition) is 0. The van der Waals surface area contributed by atoms with Gasteiger partial charge in [-0.15, -0.1) is 0 Å². The summed E-state index contributed by atoms with van der Waals surface area (Å²) >= 11 is 0. The van der Waals surface area contributed by atoms with Crippen molar-refractivity contribution in [2.75, 3.05) is 0 Å². The fourth-order valence-electron chi connectivity index (χ4n) is 9.84. The molecule has 8 aromatic carbocycles. The minimum Gasteiger partial charge on any atom is -0.309 e. The highest BCUT2D eigenvalue weighted by molar-refractivity contribution is 6.29. The van der Waals surface area contributed by atoms with Crippen LogP contribution in [-0.4, -0.2) is 29.5 Å². The lowest BCUT2D eigenvalue weighted by Crippen LogP contribution is -1.96. The van der Waals surface area contributed by atoms with Crippen molar-refractivity contribution in [3.63, 3.8) is 0 Å². The molecule has 0 aliphatic carbocycles. The molecule has 6 heteroatoms. The van der Waals surface area contributed by atoms with Crippen LogP contribution in [0.2, 0.25) is 0 Å². The fourth-order valence-corrected chi connectivity index (χ4v) is 9.84. The number of nitrogens with zero attached hydrogens (tertiary/aromatic N) is 6. The molecule has 0 unspecified atom stereocenters. The molecule has 13 aromatic rings. The van der Waals surface area contributed by atoms with E-state index >= 15 is 0 Å². The standard InChI is InChI=1S/C63H40N6/c1-3-9-48(10-4-1)62-54-29-30-59-61(53-13-7-8-14-58(53)69(59)51-11-5-2-6-12-51)60(54)52-28-27-50(39-57(52)66-62)43-19-25-49(26-20-43)63-67-55(46-21-15-41(16-22-46)44-31-35-64-36-32-44)40-56(68-63)47-23-17-42(18-24-47)45-33-37-65-38-34-45/h1-40H. The zero-order valence-electron chi connectivity index (χ0n) is 37.3. The predicted molar refractivity (Wildman–Crippen MR) is 283 cm³/mol. The molecule has 322 valence electrons. The molecule has 6 nitrogen and oxygen atoms in total. The molecule has 0 aliphatic rings. The van der Waals surface area contributed by atoms with E-state index in [4.69, 9.17) is 15.0 Å². The lowest BCUT2D eigenvalue weighted by Gasteiger charge is -2.14. The third kappa shape index (κ3) is 7.19. The van der Waals surface area contributed by atoms with Crippen LogP contribution in [-0.2, 0) is 0 Å². The molecule has 0 radical (unpaired) electrons. The lowest BCUT2D eigenvalue weighted by atomic mass is 9.94. The highest BCUT2D eigenvalue weighted by Gasteiger charge is 2.20. The SMILES string of the molecule is c1ccc(-c2nc3cc(-c4ccc(-c5nc(-c6ccc(-c7ccncc7)cc6)cc(-c6ccc(-c7ccncc7)cc6)n5)cc4)ccc3c3c2ccc2c3c3ccccc3n2-c2ccccc2)cc1. The Balaban J connectivity index is 0.925. The first kappa shape index (κ1) is 39.9. The lowest BCUT2D eigenvalue weighted by molar-refractivity contribution is 1.18. The van der Waals surface area contributed by atoms with Gasteiger partial charge < -0.3 is 4.57 Å². The molecule has 5 aromatic heterocycles. The zero-order valence-corrected chi connectivity index (χ0v) is 37.3. The van der Waals surface area contributed by atoms with E-state index < -0.39 is 0 Å². The second-order valence-electron chi connectivity index (χ2n) is 17.3. The Morgan fingerprint density at radius 1 is 0.290 bits per heavy atom. The summed E-state index contributed by atoms with van der Waals surface area (Å²) in [6.07, 6.45) is 7.28. The molecular formula is C63H40N6. The highest BCUT2D eigenvalue weighted by Crippen LogP contribution is 2.43. The molecule has 0 spiro atoms.